The number of aromatic amines is 1. The second kappa shape index (κ2) is 5.88. The molecule has 3 amide bonds. The Bertz CT molecular complexity index is 923. The highest BCUT2D eigenvalue weighted by molar-refractivity contribution is 7.13. The number of hydrogen-bond acceptors (Lipinski definition) is 5. The molecule has 2 aromatic heterocycles. The van der Waals surface area contributed by atoms with E-state index in [1.165, 1.54) is 21.3 Å². The van der Waals surface area contributed by atoms with Gasteiger partial charge in [0.2, 0.25) is 0 Å². The molecule has 3 aromatic rings. The maximum Gasteiger partial charge on any atom is 0.327 e. The van der Waals surface area contributed by atoms with Crippen LogP contribution in [0.5, 0.6) is 0 Å². The zero-order chi connectivity index (χ0) is 16.7. The molecular formula is C15H12ClN5O2S. The lowest BCUT2D eigenvalue weighted by molar-refractivity contribution is -0.125. The number of imide groups is 1. The molecule has 24 heavy (non-hydrogen) atoms. The third kappa shape index (κ3) is 2.63. The van der Waals surface area contributed by atoms with Gasteiger partial charge >= 0.3 is 6.03 Å². The van der Waals surface area contributed by atoms with Gasteiger partial charge in [0.15, 0.2) is 0 Å². The number of halogens is 1. The monoisotopic (exact) mass is 361 g/mol. The average molecular weight is 362 g/mol. The summed E-state index contributed by atoms with van der Waals surface area (Å²) >= 11 is 7.36. The van der Waals surface area contributed by atoms with Crippen LogP contribution in [0.25, 0.3) is 10.1 Å². The Morgan fingerprint density at radius 3 is 2.92 bits per heavy atom. The second-order valence-electron chi connectivity index (χ2n) is 5.47. The summed E-state index contributed by atoms with van der Waals surface area (Å²) in [6.07, 6.45) is 1.61. The van der Waals surface area contributed by atoms with Gasteiger partial charge in [-0.3, -0.25) is 14.8 Å². The van der Waals surface area contributed by atoms with Crippen molar-refractivity contribution in [1.29, 1.82) is 0 Å². The Morgan fingerprint density at radius 1 is 1.25 bits per heavy atom. The Balaban J connectivity index is 1.56. The first-order valence-electron chi connectivity index (χ1n) is 7.23. The van der Waals surface area contributed by atoms with Crippen LogP contribution in [-0.4, -0.2) is 42.9 Å². The Hall–Kier alpha value is -2.45. The number of carbonyl (C=O) groups excluding carboxylic acids is 2. The highest BCUT2D eigenvalue weighted by Gasteiger charge is 2.36. The summed E-state index contributed by atoms with van der Waals surface area (Å²) in [6, 6.07) is 6.94. The van der Waals surface area contributed by atoms with Crippen LogP contribution in [0.1, 0.15) is 11.4 Å². The molecule has 1 fully saturated rings. The van der Waals surface area contributed by atoms with Crippen LogP contribution in [0, 0.1) is 0 Å². The smallest absolute Gasteiger partial charge is 0.309 e. The van der Waals surface area contributed by atoms with Crippen LogP contribution in [0.15, 0.2) is 30.5 Å². The van der Waals surface area contributed by atoms with Crippen LogP contribution >= 0.6 is 23.1 Å². The molecule has 0 unspecified atom stereocenters. The minimum atomic E-state index is -0.322. The fourth-order valence-electron chi connectivity index (χ4n) is 2.68. The summed E-state index contributed by atoms with van der Waals surface area (Å²) in [6.45, 7) is 0.531. The Kier molecular flexibility index (Phi) is 3.70. The van der Waals surface area contributed by atoms with E-state index in [0.717, 1.165) is 15.8 Å². The summed E-state index contributed by atoms with van der Waals surface area (Å²) in [5.41, 5.74) is 1.46. The summed E-state index contributed by atoms with van der Waals surface area (Å²) in [4.78, 5) is 27.5. The minimum absolute atomic E-state index is 0.0562. The first-order chi connectivity index (χ1) is 11.6. The number of carbonyl (C=O) groups is 2. The molecule has 0 atom stereocenters. The van der Waals surface area contributed by atoms with Crippen LogP contribution in [0.2, 0.25) is 5.02 Å². The number of amides is 3. The van der Waals surface area contributed by atoms with E-state index in [0.29, 0.717) is 17.3 Å². The molecule has 0 bridgehead atoms. The van der Waals surface area contributed by atoms with Gasteiger partial charge in [-0.25, -0.2) is 4.79 Å². The maximum atomic E-state index is 12.5. The fourth-order valence-corrected chi connectivity index (χ4v) is 3.62. The number of urea groups is 1. The van der Waals surface area contributed by atoms with Crippen molar-refractivity contribution in [1.82, 2.24) is 24.4 Å². The molecule has 1 aliphatic heterocycles. The molecule has 122 valence electrons. The maximum absolute atomic E-state index is 12.5. The van der Waals surface area contributed by atoms with Crippen molar-refractivity contribution >= 4 is 45.2 Å². The van der Waals surface area contributed by atoms with Crippen molar-refractivity contribution in [2.75, 3.05) is 6.54 Å². The molecule has 0 saturated carbocycles. The Labute approximate surface area is 146 Å². The SMILES string of the molecule is O=C1CN(Cc2ccn[nH]2)C(=O)N1Cc1nsc2ccc(Cl)cc12. The van der Waals surface area contributed by atoms with Gasteiger partial charge in [0, 0.05) is 16.6 Å². The van der Waals surface area contributed by atoms with E-state index in [1.807, 2.05) is 12.1 Å². The summed E-state index contributed by atoms with van der Waals surface area (Å²) in [5.74, 6) is -0.234. The first kappa shape index (κ1) is 15.1. The number of benzene rings is 1. The molecule has 1 aromatic carbocycles. The fraction of sp³-hybridized carbons (Fsp3) is 0.200. The molecule has 3 heterocycles. The van der Waals surface area contributed by atoms with Crippen molar-refractivity contribution in [3.63, 3.8) is 0 Å². The number of fused-ring (bicyclic) bond motifs is 1. The number of H-pyrrole nitrogens is 1. The zero-order valence-electron chi connectivity index (χ0n) is 12.4. The molecule has 0 radical (unpaired) electrons. The van der Waals surface area contributed by atoms with Gasteiger partial charge in [-0.15, -0.1) is 0 Å². The molecule has 7 nitrogen and oxygen atoms in total. The van der Waals surface area contributed by atoms with Crippen molar-refractivity contribution in [2.24, 2.45) is 0 Å². The third-order valence-corrected chi connectivity index (χ3v) is 4.96. The van der Waals surface area contributed by atoms with Gasteiger partial charge < -0.3 is 4.90 Å². The first-order valence-corrected chi connectivity index (χ1v) is 8.38. The van der Waals surface area contributed by atoms with E-state index in [2.05, 4.69) is 14.6 Å². The topological polar surface area (TPSA) is 82.2 Å². The standard InChI is InChI=1S/C15H12ClN5O2S/c16-9-1-2-13-11(5-9)12(19-24-13)7-21-14(22)8-20(15(21)23)6-10-3-4-17-18-10/h1-5H,6-8H2,(H,17,18). The van der Waals surface area contributed by atoms with Gasteiger partial charge in [-0.2, -0.15) is 9.47 Å². The Morgan fingerprint density at radius 2 is 2.12 bits per heavy atom. The quantitative estimate of drug-likeness (QED) is 0.724. The lowest BCUT2D eigenvalue weighted by Crippen LogP contribution is -2.32. The van der Waals surface area contributed by atoms with Crippen LogP contribution in [-0.2, 0) is 17.9 Å². The number of nitrogens with one attached hydrogen (secondary N) is 1. The van der Waals surface area contributed by atoms with Gasteiger partial charge in [-0.1, -0.05) is 11.6 Å². The van der Waals surface area contributed by atoms with Crippen molar-refractivity contribution in [3.05, 3.63) is 46.9 Å². The van der Waals surface area contributed by atoms with E-state index in [4.69, 9.17) is 11.6 Å². The van der Waals surface area contributed by atoms with E-state index < -0.39 is 0 Å². The molecule has 1 N–H and O–H groups in total. The summed E-state index contributed by atoms with van der Waals surface area (Å²) < 4.78 is 5.35. The van der Waals surface area contributed by atoms with Crippen molar-refractivity contribution in [3.8, 4) is 0 Å². The van der Waals surface area contributed by atoms with Crippen molar-refractivity contribution < 1.29 is 9.59 Å². The normalized spacial score (nSPS) is 15.0. The summed E-state index contributed by atoms with van der Waals surface area (Å²) in [7, 11) is 0. The van der Waals surface area contributed by atoms with Crippen molar-refractivity contribution in [2.45, 2.75) is 13.1 Å². The van der Waals surface area contributed by atoms with E-state index in [-0.39, 0.29) is 25.0 Å². The van der Waals surface area contributed by atoms with E-state index in [1.54, 1.807) is 18.3 Å². The van der Waals surface area contributed by atoms with Crippen LogP contribution in [0.3, 0.4) is 0 Å². The third-order valence-electron chi connectivity index (χ3n) is 3.86. The highest BCUT2D eigenvalue weighted by atomic mass is 35.5. The predicted octanol–water partition coefficient (Wildman–Crippen LogP) is 2.64. The number of nitrogens with zero attached hydrogens (tertiary/aromatic N) is 4. The highest BCUT2D eigenvalue weighted by Crippen LogP contribution is 2.28. The zero-order valence-corrected chi connectivity index (χ0v) is 14.0. The molecular weight excluding hydrogens is 350 g/mol. The van der Waals surface area contributed by atoms with Crippen LogP contribution < -0.4 is 0 Å². The second-order valence-corrected chi connectivity index (χ2v) is 6.71. The van der Waals surface area contributed by atoms with Gasteiger partial charge in [0.1, 0.15) is 6.54 Å². The lowest BCUT2D eigenvalue weighted by Gasteiger charge is -2.15. The van der Waals surface area contributed by atoms with Gasteiger partial charge in [0.25, 0.3) is 5.91 Å². The predicted molar refractivity (Wildman–Crippen MR) is 89.6 cm³/mol. The largest absolute Gasteiger partial charge is 0.327 e. The molecule has 1 saturated heterocycles. The van der Waals surface area contributed by atoms with E-state index >= 15 is 0 Å². The van der Waals surface area contributed by atoms with E-state index in [9.17, 15) is 9.59 Å². The molecule has 0 spiro atoms. The average Bonchev–Trinajstić information content (AvgIpc) is 3.25. The molecule has 9 heteroatoms. The number of aromatic nitrogens is 3. The van der Waals surface area contributed by atoms with Gasteiger partial charge in [0.05, 0.1) is 29.2 Å². The molecule has 1 aliphatic rings. The number of rotatable bonds is 4. The number of hydrogen-bond donors (Lipinski definition) is 1. The minimum Gasteiger partial charge on any atom is -0.309 e. The van der Waals surface area contributed by atoms with Gasteiger partial charge in [-0.05, 0) is 35.8 Å². The molecule has 4 rings (SSSR count). The summed E-state index contributed by atoms with van der Waals surface area (Å²) in [5, 5.41) is 8.12. The lowest BCUT2D eigenvalue weighted by atomic mass is 10.2. The molecule has 0 aliphatic carbocycles. The van der Waals surface area contributed by atoms with Crippen LogP contribution in [0.4, 0.5) is 4.79 Å².